The lowest BCUT2D eigenvalue weighted by Gasteiger charge is -2.04. The van der Waals surface area contributed by atoms with E-state index in [9.17, 15) is 0 Å². The molecule has 0 fully saturated rings. The molecule has 0 atom stereocenters. The molecule has 2 nitrogen and oxygen atoms in total. The van der Waals surface area contributed by atoms with E-state index >= 15 is 0 Å². The van der Waals surface area contributed by atoms with Crippen molar-refractivity contribution in [3.05, 3.63) is 28.9 Å². The SMILES string of the molecule is CC.COc1ccc2c(cc(C)n2C)c1Cl. The normalized spacial score (nSPS) is 9.88. The zero-order valence-corrected chi connectivity index (χ0v) is 11.2. The Labute approximate surface area is 102 Å². The molecule has 0 radical (unpaired) electrons. The standard InChI is InChI=1S/C11H12ClNO.C2H6/c1-7-6-8-9(13(7)2)4-5-10(14-3)11(8)12;1-2/h4-6H,1-3H3;1-2H3. The van der Waals surface area contributed by atoms with Gasteiger partial charge in [-0.05, 0) is 25.1 Å². The van der Waals surface area contributed by atoms with E-state index in [-0.39, 0.29) is 0 Å². The monoisotopic (exact) mass is 239 g/mol. The Morgan fingerprint density at radius 3 is 2.44 bits per heavy atom. The van der Waals surface area contributed by atoms with Gasteiger partial charge in [0, 0.05) is 23.6 Å². The lowest BCUT2D eigenvalue weighted by atomic mass is 10.2. The van der Waals surface area contributed by atoms with Crippen LogP contribution in [0.3, 0.4) is 0 Å². The lowest BCUT2D eigenvalue weighted by Crippen LogP contribution is -1.89. The van der Waals surface area contributed by atoms with E-state index in [1.807, 2.05) is 33.0 Å². The maximum absolute atomic E-state index is 6.19. The number of aromatic nitrogens is 1. The van der Waals surface area contributed by atoms with Crippen molar-refractivity contribution < 1.29 is 4.74 Å². The van der Waals surface area contributed by atoms with E-state index in [0.717, 1.165) is 16.7 Å². The zero-order chi connectivity index (χ0) is 12.3. The number of rotatable bonds is 1. The van der Waals surface area contributed by atoms with Crippen molar-refractivity contribution >= 4 is 22.5 Å². The van der Waals surface area contributed by atoms with Crippen molar-refractivity contribution in [3.63, 3.8) is 0 Å². The van der Waals surface area contributed by atoms with Crippen LogP contribution in [0.5, 0.6) is 5.75 Å². The molecule has 0 aliphatic carbocycles. The first-order valence-electron chi connectivity index (χ1n) is 5.43. The Balaban J connectivity index is 0.000000606. The smallest absolute Gasteiger partial charge is 0.138 e. The van der Waals surface area contributed by atoms with Gasteiger partial charge in [-0.25, -0.2) is 0 Å². The predicted molar refractivity (Wildman–Crippen MR) is 70.6 cm³/mol. The largest absolute Gasteiger partial charge is 0.495 e. The summed E-state index contributed by atoms with van der Waals surface area (Å²) >= 11 is 6.19. The fourth-order valence-corrected chi connectivity index (χ4v) is 1.94. The summed E-state index contributed by atoms with van der Waals surface area (Å²) in [5, 5.41) is 1.74. The van der Waals surface area contributed by atoms with Crippen LogP contribution in [-0.4, -0.2) is 11.7 Å². The molecule has 3 heteroatoms. The quantitative estimate of drug-likeness (QED) is 0.728. The molecule has 0 N–H and O–H groups in total. The van der Waals surface area contributed by atoms with Gasteiger partial charge in [0.15, 0.2) is 0 Å². The van der Waals surface area contributed by atoms with Gasteiger partial charge in [0.25, 0.3) is 0 Å². The minimum absolute atomic E-state index is 0.689. The maximum Gasteiger partial charge on any atom is 0.138 e. The Hall–Kier alpha value is -1.15. The van der Waals surface area contributed by atoms with Crippen molar-refractivity contribution in [1.82, 2.24) is 4.57 Å². The third kappa shape index (κ3) is 2.03. The highest BCUT2D eigenvalue weighted by atomic mass is 35.5. The first kappa shape index (κ1) is 12.9. The Morgan fingerprint density at radius 1 is 1.25 bits per heavy atom. The van der Waals surface area contributed by atoms with E-state index in [1.165, 1.54) is 5.69 Å². The number of ether oxygens (including phenoxy) is 1. The third-order valence-electron chi connectivity index (χ3n) is 2.58. The molecule has 0 saturated heterocycles. The molecule has 0 saturated carbocycles. The molecule has 0 aliphatic heterocycles. The van der Waals surface area contributed by atoms with Gasteiger partial charge in [0.05, 0.1) is 12.1 Å². The van der Waals surface area contributed by atoms with Crippen LogP contribution < -0.4 is 4.74 Å². The molecule has 0 bridgehead atoms. The summed E-state index contributed by atoms with van der Waals surface area (Å²) in [6, 6.07) is 5.98. The van der Waals surface area contributed by atoms with Crippen LogP contribution in [-0.2, 0) is 7.05 Å². The molecular formula is C13H18ClNO. The maximum atomic E-state index is 6.19. The number of methoxy groups -OCH3 is 1. The first-order chi connectivity index (χ1) is 7.65. The number of halogens is 1. The van der Waals surface area contributed by atoms with Crippen molar-refractivity contribution in [2.24, 2.45) is 7.05 Å². The molecule has 1 heterocycles. The van der Waals surface area contributed by atoms with Crippen LogP contribution in [0.15, 0.2) is 18.2 Å². The van der Waals surface area contributed by atoms with Gasteiger partial charge in [-0.1, -0.05) is 25.4 Å². The highest BCUT2D eigenvalue weighted by Gasteiger charge is 2.09. The summed E-state index contributed by atoms with van der Waals surface area (Å²) in [6.45, 7) is 6.06. The number of benzene rings is 1. The molecule has 0 unspecified atom stereocenters. The molecule has 1 aromatic carbocycles. The second kappa shape index (κ2) is 5.26. The van der Waals surface area contributed by atoms with E-state index in [2.05, 4.69) is 17.6 Å². The summed E-state index contributed by atoms with van der Waals surface area (Å²) in [4.78, 5) is 0. The molecule has 16 heavy (non-hydrogen) atoms. The van der Waals surface area contributed by atoms with Crippen LogP contribution in [0, 0.1) is 6.92 Å². The Bertz CT molecular complexity index is 488. The minimum Gasteiger partial charge on any atom is -0.495 e. The van der Waals surface area contributed by atoms with Gasteiger partial charge in [-0.2, -0.15) is 0 Å². The van der Waals surface area contributed by atoms with Crippen LogP contribution in [0.1, 0.15) is 19.5 Å². The van der Waals surface area contributed by atoms with Crippen molar-refractivity contribution in [3.8, 4) is 5.75 Å². The number of fused-ring (bicyclic) bond motifs is 1. The Morgan fingerprint density at radius 2 is 1.88 bits per heavy atom. The summed E-state index contributed by atoms with van der Waals surface area (Å²) in [5.74, 6) is 0.727. The summed E-state index contributed by atoms with van der Waals surface area (Å²) in [6.07, 6.45) is 0. The van der Waals surface area contributed by atoms with E-state index in [4.69, 9.17) is 16.3 Å². The number of hydrogen-bond acceptors (Lipinski definition) is 1. The molecule has 0 spiro atoms. The van der Waals surface area contributed by atoms with Crippen molar-refractivity contribution in [1.29, 1.82) is 0 Å². The number of nitrogens with zero attached hydrogens (tertiary/aromatic N) is 1. The molecule has 2 aromatic rings. The van der Waals surface area contributed by atoms with Crippen molar-refractivity contribution in [2.75, 3.05) is 7.11 Å². The third-order valence-corrected chi connectivity index (χ3v) is 2.97. The van der Waals surface area contributed by atoms with Crippen LogP contribution >= 0.6 is 11.6 Å². The van der Waals surface area contributed by atoms with Crippen LogP contribution in [0.25, 0.3) is 10.9 Å². The lowest BCUT2D eigenvalue weighted by molar-refractivity contribution is 0.415. The van der Waals surface area contributed by atoms with E-state index < -0.39 is 0 Å². The molecular weight excluding hydrogens is 222 g/mol. The van der Waals surface area contributed by atoms with Crippen molar-refractivity contribution in [2.45, 2.75) is 20.8 Å². The fourth-order valence-electron chi connectivity index (χ4n) is 1.65. The van der Waals surface area contributed by atoms with Gasteiger partial charge in [0.1, 0.15) is 5.75 Å². The van der Waals surface area contributed by atoms with Gasteiger partial charge in [0.2, 0.25) is 0 Å². The molecule has 0 aliphatic rings. The van der Waals surface area contributed by atoms with Crippen LogP contribution in [0.4, 0.5) is 0 Å². The molecule has 1 aromatic heterocycles. The highest BCUT2D eigenvalue weighted by molar-refractivity contribution is 6.37. The average Bonchev–Trinajstić information content (AvgIpc) is 2.60. The second-order valence-electron chi connectivity index (χ2n) is 3.36. The zero-order valence-electron chi connectivity index (χ0n) is 10.5. The Kier molecular flexibility index (Phi) is 4.25. The molecule has 88 valence electrons. The summed E-state index contributed by atoms with van der Waals surface area (Å²) in [7, 11) is 3.66. The van der Waals surface area contributed by atoms with Crippen LogP contribution in [0.2, 0.25) is 5.02 Å². The minimum atomic E-state index is 0.689. The van der Waals surface area contributed by atoms with Gasteiger partial charge in [-0.3, -0.25) is 0 Å². The predicted octanol–water partition coefficient (Wildman–Crippen LogP) is 4.17. The fraction of sp³-hybridized carbons (Fsp3) is 0.385. The second-order valence-corrected chi connectivity index (χ2v) is 3.74. The number of hydrogen-bond donors (Lipinski definition) is 0. The van der Waals surface area contributed by atoms with Gasteiger partial charge in [-0.15, -0.1) is 0 Å². The van der Waals surface area contributed by atoms with E-state index in [0.29, 0.717) is 5.02 Å². The molecule has 2 rings (SSSR count). The number of aryl methyl sites for hydroxylation is 2. The van der Waals surface area contributed by atoms with Gasteiger partial charge >= 0.3 is 0 Å². The molecule has 0 amide bonds. The topological polar surface area (TPSA) is 14.2 Å². The van der Waals surface area contributed by atoms with E-state index in [1.54, 1.807) is 7.11 Å². The highest BCUT2D eigenvalue weighted by Crippen LogP contribution is 2.33. The first-order valence-corrected chi connectivity index (χ1v) is 5.81. The summed E-state index contributed by atoms with van der Waals surface area (Å²) in [5.41, 5.74) is 2.32. The summed E-state index contributed by atoms with van der Waals surface area (Å²) < 4.78 is 7.27. The van der Waals surface area contributed by atoms with Gasteiger partial charge < -0.3 is 9.30 Å². The average molecular weight is 240 g/mol.